The maximum Gasteiger partial charge on any atom is 0.152 e. The Morgan fingerprint density at radius 1 is 1.00 bits per heavy atom. The minimum atomic E-state index is -2.74. The van der Waals surface area contributed by atoms with Gasteiger partial charge in [-0.25, -0.2) is 8.42 Å². The van der Waals surface area contributed by atoms with Gasteiger partial charge in [-0.05, 0) is 31.6 Å². The average molecular weight is 286 g/mol. The monoisotopic (exact) mass is 286 g/mol. The Bertz CT molecular complexity index is 396. The fourth-order valence-corrected chi connectivity index (χ4v) is 5.24. The van der Waals surface area contributed by atoms with Gasteiger partial charge in [0.15, 0.2) is 9.84 Å². The Labute approximate surface area is 116 Å². The second-order valence-corrected chi connectivity index (χ2v) is 8.85. The second-order valence-electron chi connectivity index (χ2n) is 6.54. The summed E-state index contributed by atoms with van der Waals surface area (Å²) in [5, 5.41) is 3.83. The molecule has 4 nitrogen and oxygen atoms in total. The predicted molar refractivity (Wildman–Crippen MR) is 77.0 cm³/mol. The van der Waals surface area contributed by atoms with Crippen molar-refractivity contribution in [1.82, 2.24) is 10.2 Å². The van der Waals surface area contributed by atoms with Crippen molar-refractivity contribution < 1.29 is 8.42 Å². The third-order valence-electron chi connectivity index (χ3n) is 5.16. The summed E-state index contributed by atoms with van der Waals surface area (Å²) in [5.74, 6) is 1.61. The van der Waals surface area contributed by atoms with Gasteiger partial charge in [-0.1, -0.05) is 12.8 Å². The lowest BCUT2D eigenvalue weighted by Crippen LogP contribution is -2.54. The van der Waals surface area contributed by atoms with Crippen LogP contribution in [0.4, 0.5) is 0 Å². The van der Waals surface area contributed by atoms with Crippen LogP contribution in [-0.2, 0) is 9.84 Å². The molecule has 5 heteroatoms. The van der Waals surface area contributed by atoms with Crippen molar-refractivity contribution >= 4 is 9.84 Å². The summed E-state index contributed by atoms with van der Waals surface area (Å²) in [4.78, 5) is 2.34. The quantitative estimate of drug-likeness (QED) is 0.824. The number of fused-ring (bicyclic) bond motifs is 1. The minimum Gasteiger partial charge on any atom is -0.310 e. The van der Waals surface area contributed by atoms with E-state index in [1.807, 2.05) is 0 Å². The number of rotatable bonds is 2. The van der Waals surface area contributed by atoms with Crippen molar-refractivity contribution in [1.29, 1.82) is 0 Å². The Morgan fingerprint density at radius 3 is 2.53 bits per heavy atom. The van der Waals surface area contributed by atoms with Gasteiger partial charge in [0.05, 0.1) is 11.5 Å². The largest absolute Gasteiger partial charge is 0.310 e. The van der Waals surface area contributed by atoms with E-state index in [0.717, 1.165) is 31.6 Å². The van der Waals surface area contributed by atoms with E-state index in [4.69, 9.17) is 0 Å². The number of hydrogen-bond donors (Lipinski definition) is 1. The number of nitrogens with zero attached hydrogens (tertiary/aromatic N) is 1. The number of sulfone groups is 1. The molecule has 0 aromatic carbocycles. The summed E-state index contributed by atoms with van der Waals surface area (Å²) >= 11 is 0. The SMILES string of the molecule is O=S1(=O)CCN(CC2CCC3CCCCC3N2)CC1. The zero-order valence-corrected chi connectivity index (χ0v) is 12.5. The van der Waals surface area contributed by atoms with Crippen molar-refractivity contribution in [2.75, 3.05) is 31.1 Å². The standard InChI is InChI=1S/C14H26N2O2S/c17-19(18)9-7-16(8-10-19)11-13-6-5-12-3-1-2-4-14(12)15-13/h12-15H,1-11H2. The highest BCUT2D eigenvalue weighted by Gasteiger charge is 2.33. The lowest BCUT2D eigenvalue weighted by Gasteiger charge is -2.42. The van der Waals surface area contributed by atoms with Crippen LogP contribution in [0, 0.1) is 5.92 Å². The van der Waals surface area contributed by atoms with Crippen LogP contribution in [0.15, 0.2) is 0 Å². The van der Waals surface area contributed by atoms with E-state index in [-0.39, 0.29) is 0 Å². The van der Waals surface area contributed by atoms with Crippen LogP contribution in [0.25, 0.3) is 0 Å². The molecule has 1 saturated carbocycles. The molecular weight excluding hydrogens is 260 g/mol. The van der Waals surface area contributed by atoms with Gasteiger partial charge in [0, 0.05) is 31.7 Å². The molecule has 0 radical (unpaired) electrons. The van der Waals surface area contributed by atoms with Crippen LogP contribution in [0.2, 0.25) is 0 Å². The van der Waals surface area contributed by atoms with Crippen molar-refractivity contribution in [2.45, 2.75) is 50.6 Å². The first kappa shape index (κ1) is 13.8. The zero-order chi connectivity index (χ0) is 13.3. The van der Waals surface area contributed by atoms with Crippen molar-refractivity contribution in [3.05, 3.63) is 0 Å². The molecule has 3 rings (SSSR count). The molecule has 0 aromatic rings. The molecule has 3 fully saturated rings. The molecule has 2 heterocycles. The van der Waals surface area contributed by atoms with Crippen LogP contribution >= 0.6 is 0 Å². The molecular formula is C14H26N2O2S. The number of hydrogen-bond acceptors (Lipinski definition) is 4. The van der Waals surface area contributed by atoms with Gasteiger partial charge < -0.3 is 5.32 Å². The van der Waals surface area contributed by atoms with Crippen LogP contribution in [0.5, 0.6) is 0 Å². The lowest BCUT2D eigenvalue weighted by atomic mass is 9.78. The van der Waals surface area contributed by atoms with E-state index < -0.39 is 9.84 Å². The summed E-state index contributed by atoms with van der Waals surface area (Å²) in [5.41, 5.74) is 0. The molecule has 2 saturated heterocycles. The van der Waals surface area contributed by atoms with Gasteiger partial charge in [-0.15, -0.1) is 0 Å². The molecule has 0 amide bonds. The van der Waals surface area contributed by atoms with Crippen molar-refractivity contribution in [2.24, 2.45) is 5.92 Å². The highest BCUT2D eigenvalue weighted by atomic mass is 32.2. The predicted octanol–water partition coefficient (Wildman–Crippen LogP) is 1.03. The fourth-order valence-electron chi connectivity index (χ4n) is 3.96. The van der Waals surface area contributed by atoms with Gasteiger partial charge in [-0.2, -0.15) is 0 Å². The third kappa shape index (κ3) is 3.50. The van der Waals surface area contributed by atoms with E-state index in [2.05, 4.69) is 10.2 Å². The first-order valence-electron chi connectivity index (χ1n) is 7.81. The minimum absolute atomic E-state index is 0.353. The highest BCUT2D eigenvalue weighted by molar-refractivity contribution is 7.91. The third-order valence-corrected chi connectivity index (χ3v) is 6.77. The molecule has 2 aliphatic heterocycles. The molecule has 19 heavy (non-hydrogen) atoms. The van der Waals surface area contributed by atoms with Gasteiger partial charge in [0.25, 0.3) is 0 Å². The number of piperidine rings is 1. The van der Waals surface area contributed by atoms with Crippen LogP contribution in [0.3, 0.4) is 0 Å². The van der Waals surface area contributed by atoms with Crippen molar-refractivity contribution in [3.63, 3.8) is 0 Å². The van der Waals surface area contributed by atoms with Crippen LogP contribution in [0.1, 0.15) is 38.5 Å². The number of nitrogens with one attached hydrogen (secondary N) is 1. The smallest absolute Gasteiger partial charge is 0.152 e. The van der Waals surface area contributed by atoms with Gasteiger partial charge in [-0.3, -0.25) is 4.90 Å². The lowest BCUT2D eigenvalue weighted by molar-refractivity contribution is 0.147. The van der Waals surface area contributed by atoms with Crippen molar-refractivity contribution in [3.8, 4) is 0 Å². The molecule has 0 spiro atoms. The molecule has 3 atom stereocenters. The zero-order valence-electron chi connectivity index (χ0n) is 11.7. The average Bonchev–Trinajstić information content (AvgIpc) is 2.41. The van der Waals surface area contributed by atoms with E-state index in [1.165, 1.54) is 38.5 Å². The molecule has 110 valence electrons. The first-order valence-corrected chi connectivity index (χ1v) is 9.63. The van der Waals surface area contributed by atoms with Gasteiger partial charge in [0.2, 0.25) is 0 Å². The van der Waals surface area contributed by atoms with E-state index in [0.29, 0.717) is 17.5 Å². The Balaban J connectivity index is 1.48. The van der Waals surface area contributed by atoms with Crippen LogP contribution in [-0.4, -0.2) is 56.5 Å². The maximum atomic E-state index is 11.4. The Morgan fingerprint density at radius 2 is 1.74 bits per heavy atom. The molecule has 3 unspecified atom stereocenters. The topological polar surface area (TPSA) is 49.4 Å². The summed E-state index contributed by atoms with van der Waals surface area (Å²) in [6.45, 7) is 2.50. The fraction of sp³-hybridized carbons (Fsp3) is 1.00. The van der Waals surface area contributed by atoms with Crippen LogP contribution < -0.4 is 5.32 Å². The summed E-state index contributed by atoms with van der Waals surface area (Å²) in [7, 11) is -2.74. The Hall–Kier alpha value is -0.130. The normalized spacial score (nSPS) is 39.7. The highest BCUT2D eigenvalue weighted by Crippen LogP contribution is 2.32. The van der Waals surface area contributed by atoms with E-state index >= 15 is 0 Å². The Kier molecular flexibility index (Phi) is 4.15. The molecule has 0 bridgehead atoms. The maximum absolute atomic E-state index is 11.4. The first-order chi connectivity index (χ1) is 9.12. The second kappa shape index (κ2) is 5.70. The van der Waals surface area contributed by atoms with E-state index in [9.17, 15) is 8.42 Å². The molecule has 1 aliphatic carbocycles. The summed E-state index contributed by atoms with van der Waals surface area (Å²) in [6.07, 6.45) is 8.18. The molecule has 3 aliphatic rings. The molecule has 1 N–H and O–H groups in total. The summed E-state index contributed by atoms with van der Waals surface area (Å²) in [6, 6.07) is 1.32. The van der Waals surface area contributed by atoms with Gasteiger partial charge in [0.1, 0.15) is 0 Å². The van der Waals surface area contributed by atoms with E-state index in [1.54, 1.807) is 0 Å². The molecule has 0 aromatic heterocycles. The summed E-state index contributed by atoms with van der Waals surface area (Å²) < 4.78 is 22.9. The van der Waals surface area contributed by atoms with Gasteiger partial charge >= 0.3 is 0 Å².